The molecule has 0 heterocycles. The number of amides is 2. The van der Waals surface area contributed by atoms with E-state index in [0.717, 1.165) is 12.2 Å². The zero-order chi connectivity index (χ0) is 20.5. The van der Waals surface area contributed by atoms with Crippen molar-refractivity contribution in [2.45, 2.75) is 26.2 Å². The fourth-order valence-corrected chi connectivity index (χ4v) is 2.54. The summed E-state index contributed by atoms with van der Waals surface area (Å²) in [5.41, 5.74) is 1.57. The minimum atomic E-state index is -0.272. The number of nitrogens with one attached hydrogen (secondary N) is 1. The van der Waals surface area contributed by atoms with Crippen LogP contribution in [0.15, 0.2) is 48.5 Å². The van der Waals surface area contributed by atoms with Gasteiger partial charge in [0.25, 0.3) is 5.91 Å². The lowest BCUT2D eigenvalue weighted by Crippen LogP contribution is -2.22. The Kier molecular flexibility index (Phi) is 7.75. The first-order valence-corrected chi connectivity index (χ1v) is 9.28. The highest BCUT2D eigenvalue weighted by Crippen LogP contribution is 2.16. The maximum atomic E-state index is 12.3. The van der Waals surface area contributed by atoms with E-state index in [1.54, 1.807) is 62.6 Å². The highest BCUT2D eigenvalue weighted by molar-refractivity contribution is 6.00. The molecule has 0 bridgehead atoms. The summed E-state index contributed by atoms with van der Waals surface area (Å²) in [6, 6.07) is 13.7. The van der Waals surface area contributed by atoms with Gasteiger partial charge in [0, 0.05) is 43.8 Å². The second-order valence-corrected chi connectivity index (χ2v) is 6.62. The van der Waals surface area contributed by atoms with Gasteiger partial charge in [-0.25, -0.2) is 0 Å². The van der Waals surface area contributed by atoms with Crippen molar-refractivity contribution in [1.29, 1.82) is 0 Å². The number of benzene rings is 2. The predicted molar refractivity (Wildman–Crippen MR) is 109 cm³/mol. The van der Waals surface area contributed by atoms with Gasteiger partial charge in [0.2, 0.25) is 5.91 Å². The van der Waals surface area contributed by atoms with Crippen LogP contribution in [-0.4, -0.2) is 43.2 Å². The second kappa shape index (κ2) is 10.3. The summed E-state index contributed by atoms with van der Waals surface area (Å²) in [6.45, 7) is 2.66. The van der Waals surface area contributed by atoms with E-state index in [1.807, 2.05) is 6.92 Å². The van der Waals surface area contributed by atoms with Crippen molar-refractivity contribution in [2.24, 2.45) is 0 Å². The minimum absolute atomic E-state index is 0.0682. The number of ketones is 1. The second-order valence-electron chi connectivity index (χ2n) is 6.62. The Morgan fingerprint density at radius 3 is 2.32 bits per heavy atom. The van der Waals surface area contributed by atoms with Crippen molar-refractivity contribution in [2.75, 3.05) is 26.0 Å². The first-order valence-electron chi connectivity index (χ1n) is 9.28. The number of carbonyl (C=O) groups excluding carboxylic acids is 3. The van der Waals surface area contributed by atoms with Crippen molar-refractivity contribution in [3.63, 3.8) is 0 Å². The van der Waals surface area contributed by atoms with E-state index in [-0.39, 0.29) is 30.4 Å². The van der Waals surface area contributed by atoms with E-state index in [9.17, 15) is 14.4 Å². The van der Waals surface area contributed by atoms with Gasteiger partial charge in [-0.15, -0.1) is 0 Å². The molecule has 0 aliphatic heterocycles. The third-order valence-electron chi connectivity index (χ3n) is 4.03. The number of hydrogen-bond donors (Lipinski definition) is 1. The Bertz CT molecular complexity index is 829. The zero-order valence-corrected chi connectivity index (χ0v) is 16.5. The van der Waals surface area contributed by atoms with Crippen LogP contribution in [0.2, 0.25) is 0 Å². The van der Waals surface area contributed by atoms with E-state index in [1.165, 1.54) is 4.90 Å². The maximum Gasteiger partial charge on any atom is 0.253 e. The van der Waals surface area contributed by atoms with E-state index in [2.05, 4.69) is 5.32 Å². The molecule has 0 aliphatic rings. The van der Waals surface area contributed by atoms with Crippen molar-refractivity contribution in [1.82, 2.24) is 4.90 Å². The molecule has 0 saturated carbocycles. The van der Waals surface area contributed by atoms with Gasteiger partial charge in [-0.05, 0) is 48.9 Å². The van der Waals surface area contributed by atoms with Gasteiger partial charge in [-0.1, -0.05) is 13.0 Å². The van der Waals surface area contributed by atoms with E-state index in [0.29, 0.717) is 23.4 Å². The fourth-order valence-electron chi connectivity index (χ4n) is 2.54. The summed E-state index contributed by atoms with van der Waals surface area (Å²) in [6.07, 6.45) is 1.10. The third-order valence-corrected chi connectivity index (χ3v) is 4.03. The van der Waals surface area contributed by atoms with Crippen molar-refractivity contribution in [3.05, 3.63) is 59.7 Å². The molecule has 0 radical (unpaired) electrons. The van der Waals surface area contributed by atoms with Gasteiger partial charge in [0.05, 0.1) is 6.61 Å². The SMILES string of the molecule is CCCOc1ccc(C(=O)CCC(=O)Nc2cccc(C(=O)N(C)C)c2)cc1. The summed E-state index contributed by atoms with van der Waals surface area (Å²) in [5.74, 6) is 0.209. The first kappa shape index (κ1) is 21.2. The summed E-state index contributed by atoms with van der Waals surface area (Å²) in [7, 11) is 3.34. The van der Waals surface area contributed by atoms with Crippen molar-refractivity contribution < 1.29 is 19.1 Å². The van der Waals surface area contributed by atoms with Gasteiger partial charge in [0.15, 0.2) is 5.78 Å². The molecule has 0 saturated heterocycles. The molecule has 28 heavy (non-hydrogen) atoms. The molecule has 0 aromatic heterocycles. The van der Waals surface area contributed by atoms with Gasteiger partial charge < -0.3 is 15.0 Å². The third kappa shape index (κ3) is 6.23. The molecule has 0 fully saturated rings. The van der Waals surface area contributed by atoms with Crippen LogP contribution >= 0.6 is 0 Å². The van der Waals surface area contributed by atoms with Gasteiger partial charge in [-0.2, -0.15) is 0 Å². The maximum absolute atomic E-state index is 12.3. The molecule has 0 unspecified atom stereocenters. The molecule has 2 rings (SSSR count). The molecule has 2 aromatic rings. The summed E-state index contributed by atoms with van der Waals surface area (Å²) < 4.78 is 5.49. The number of rotatable bonds is 9. The monoisotopic (exact) mass is 382 g/mol. The molecule has 6 nitrogen and oxygen atoms in total. The number of anilines is 1. The smallest absolute Gasteiger partial charge is 0.253 e. The molecule has 148 valence electrons. The summed E-state index contributed by atoms with van der Waals surface area (Å²) >= 11 is 0. The van der Waals surface area contributed by atoms with Crippen molar-refractivity contribution in [3.8, 4) is 5.75 Å². The van der Waals surface area contributed by atoms with Crippen LogP contribution in [0.3, 0.4) is 0 Å². The Balaban J connectivity index is 1.87. The molecule has 6 heteroatoms. The van der Waals surface area contributed by atoms with Crippen LogP contribution in [0, 0.1) is 0 Å². The summed E-state index contributed by atoms with van der Waals surface area (Å²) in [5, 5.41) is 2.73. The van der Waals surface area contributed by atoms with E-state index >= 15 is 0 Å². The molecular weight excluding hydrogens is 356 g/mol. The molecule has 0 atom stereocenters. The molecule has 0 spiro atoms. The normalized spacial score (nSPS) is 10.2. The van der Waals surface area contributed by atoms with E-state index in [4.69, 9.17) is 4.74 Å². The lowest BCUT2D eigenvalue weighted by atomic mass is 10.1. The van der Waals surface area contributed by atoms with Crippen LogP contribution in [0.25, 0.3) is 0 Å². The lowest BCUT2D eigenvalue weighted by Gasteiger charge is -2.11. The lowest BCUT2D eigenvalue weighted by molar-refractivity contribution is -0.116. The molecule has 1 N–H and O–H groups in total. The Hall–Kier alpha value is -3.15. The number of hydrogen-bond acceptors (Lipinski definition) is 4. The Labute approximate surface area is 165 Å². The molecule has 2 amide bonds. The van der Waals surface area contributed by atoms with E-state index < -0.39 is 0 Å². The summed E-state index contributed by atoms with van der Waals surface area (Å²) in [4.78, 5) is 37.9. The quantitative estimate of drug-likeness (QED) is 0.670. The number of Topliss-reactive ketones (excluding diaryl/α,β-unsaturated/α-hetero) is 1. The van der Waals surface area contributed by atoms with Crippen LogP contribution in [0.1, 0.15) is 46.9 Å². The average Bonchev–Trinajstić information content (AvgIpc) is 2.70. The topological polar surface area (TPSA) is 75.7 Å². The standard InChI is InChI=1S/C22H26N2O4/c1-4-14-28-19-10-8-16(9-11-19)20(25)12-13-21(26)23-18-7-5-6-17(15-18)22(27)24(2)3/h5-11,15H,4,12-14H2,1-3H3,(H,23,26). The Morgan fingerprint density at radius 1 is 0.964 bits per heavy atom. The van der Waals surface area contributed by atoms with Crippen LogP contribution in [0.5, 0.6) is 5.75 Å². The molecule has 0 aliphatic carbocycles. The minimum Gasteiger partial charge on any atom is -0.494 e. The predicted octanol–water partition coefficient (Wildman–Crippen LogP) is 3.78. The zero-order valence-electron chi connectivity index (χ0n) is 16.5. The van der Waals surface area contributed by atoms with Crippen LogP contribution < -0.4 is 10.1 Å². The number of ether oxygens (including phenoxy) is 1. The van der Waals surface area contributed by atoms with Gasteiger partial charge >= 0.3 is 0 Å². The Morgan fingerprint density at radius 2 is 1.68 bits per heavy atom. The van der Waals surface area contributed by atoms with Crippen molar-refractivity contribution >= 4 is 23.3 Å². The molecular formula is C22H26N2O4. The number of carbonyl (C=O) groups is 3. The van der Waals surface area contributed by atoms with Crippen LogP contribution in [-0.2, 0) is 4.79 Å². The first-order chi connectivity index (χ1) is 13.4. The fraction of sp³-hybridized carbons (Fsp3) is 0.318. The average molecular weight is 382 g/mol. The van der Waals surface area contributed by atoms with Crippen LogP contribution in [0.4, 0.5) is 5.69 Å². The highest BCUT2D eigenvalue weighted by atomic mass is 16.5. The molecule has 2 aromatic carbocycles. The number of nitrogens with zero attached hydrogens (tertiary/aromatic N) is 1. The van der Waals surface area contributed by atoms with Gasteiger partial charge in [-0.3, -0.25) is 14.4 Å². The highest BCUT2D eigenvalue weighted by Gasteiger charge is 2.12. The van der Waals surface area contributed by atoms with Gasteiger partial charge in [0.1, 0.15) is 5.75 Å². The largest absolute Gasteiger partial charge is 0.494 e.